The molecular formula is C13H18FN3O2. The van der Waals surface area contributed by atoms with E-state index in [0.29, 0.717) is 25.1 Å². The van der Waals surface area contributed by atoms with E-state index in [1.54, 1.807) is 7.05 Å². The number of carbonyl (C=O) groups excluding carboxylic acids is 2. The Labute approximate surface area is 111 Å². The molecule has 0 spiro atoms. The second kappa shape index (κ2) is 8.20. The molecule has 0 fully saturated rings. The summed E-state index contributed by atoms with van der Waals surface area (Å²) in [5.41, 5.74) is 0.417. The number of rotatable bonds is 7. The van der Waals surface area contributed by atoms with Gasteiger partial charge in [-0.15, -0.1) is 0 Å². The van der Waals surface area contributed by atoms with E-state index in [4.69, 9.17) is 0 Å². The minimum Gasteiger partial charge on any atom is -0.355 e. The van der Waals surface area contributed by atoms with Gasteiger partial charge in [-0.3, -0.25) is 9.59 Å². The average molecular weight is 267 g/mol. The van der Waals surface area contributed by atoms with E-state index < -0.39 is 0 Å². The summed E-state index contributed by atoms with van der Waals surface area (Å²) in [6, 6.07) is 5.35. The summed E-state index contributed by atoms with van der Waals surface area (Å²) in [7, 11) is 1.70. The lowest BCUT2D eigenvalue weighted by atomic mass is 10.2. The Morgan fingerprint density at radius 3 is 2.37 bits per heavy atom. The van der Waals surface area contributed by atoms with Crippen molar-refractivity contribution in [2.75, 3.05) is 26.7 Å². The Bertz CT molecular complexity index is 420. The highest BCUT2D eigenvalue weighted by atomic mass is 19.1. The molecule has 0 aliphatic carbocycles. The quantitative estimate of drug-likeness (QED) is 0.622. The first-order valence-electron chi connectivity index (χ1n) is 6.08. The Kier molecular flexibility index (Phi) is 6.52. The van der Waals surface area contributed by atoms with Crippen molar-refractivity contribution in [1.82, 2.24) is 16.0 Å². The number of benzene rings is 1. The Balaban J connectivity index is 2.17. The molecule has 1 rings (SSSR count). The zero-order valence-corrected chi connectivity index (χ0v) is 10.8. The van der Waals surface area contributed by atoms with Gasteiger partial charge in [-0.2, -0.15) is 0 Å². The fourth-order valence-corrected chi connectivity index (χ4v) is 1.44. The Morgan fingerprint density at radius 1 is 1.11 bits per heavy atom. The third kappa shape index (κ3) is 5.96. The van der Waals surface area contributed by atoms with Crippen LogP contribution in [0.2, 0.25) is 0 Å². The molecule has 0 heterocycles. The largest absolute Gasteiger partial charge is 0.355 e. The van der Waals surface area contributed by atoms with Crippen LogP contribution in [0.15, 0.2) is 24.3 Å². The third-order valence-corrected chi connectivity index (χ3v) is 2.41. The molecule has 3 N–H and O–H groups in total. The van der Waals surface area contributed by atoms with Crippen molar-refractivity contribution in [1.29, 1.82) is 0 Å². The summed E-state index contributed by atoms with van der Waals surface area (Å²) in [6.07, 6.45) is 0.641. The summed E-state index contributed by atoms with van der Waals surface area (Å²) in [5, 5.41) is 8.14. The summed E-state index contributed by atoms with van der Waals surface area (Å²) < 4.78 is 12.7. The number of halogens is 1. The molecule has 5 nitrogen and oxygen atoms in total. The van der Waals surface area contributed by atoms with Gasteiger partial charge in [-0.1, -0.05) is 0 Å². The van der Waals surface area contributed by atoms with Crippen molar-refractivity contribution < 1.29 is 14.0 Å². The molecule has 0 saturated heterocycles. The van der Waals surface area contributed by atoms with Crippen LogP contribution in [0.4, 0.5) is 4.39 Å². The fraction of sp³-hybridized carbons (Fsp3) is 0.385. The second-order valence-corrected chi connectivity index (χ2v) is 4.00. The summed E-state index contributed by atoms with van der Waals surface area (Å²) in [6.45, 7) is 1.24. The van der Waals surface area contributed by atoms with Gasteiger partial charge < -0.3 is 16.0 Å². The normalized spacial score (nSPS) is 10.0. The number of carbonyl (C=O) groups is 2. The molecular weight excluding hydrogens is 249 g/mol. The lowest BCUT2D eigenvalue weighted by molar-refractivity contribution is -0.120. The van der Waals surface area contributed by atoms with Crippen molar-refractivity contribution in [2.45, 2.75) is 6.42 Å². The Morgan fingerprint density at radius 2 is 1.74 bits per heavy atom. The van der Waals surface area contributed by atoms with E-state index in [0.717, 1.165) is 0 Å². The number of nitrogens with one attached hydrogen (secondary N) is 3. The van der Waals surface area contributed by atoms with E-state index in [1.807, 2.05) is 0 Å². The van der Waals surface area contributed by atoms with Crippen LogP contribution in [-0.4, -0.2) is 38.5 Å². The monoisotopic (exact) mass is 267 g/mol. The molecule has 104 valence electrons. The highest BCUT2D eigenvalue weighted by Crippen LogP contribution is 2.02. The van der Waals surface area contributed by atoms with Crippen molar-refractivity contribution in [2.24, 2.45) is 0 Å². The van der Waals surface area contributed by atoms with Gasteiger partial charge in [-0.05, 0) is 37.7 Å². The van der Waals surface area contributed by atoms with Crippen molar-refractivity contribution in [3.8, 4) is 0 Å². The molecule has 0 aliphatic heterocycles. The zero-order chi connectivity index (χ0) is 14.1. The predicted octanol–water partition coefficient (Wildman–Crippen LogP) is 0.281. The molecule has 6 heteroatoms. The highest BCUT2D eigenvalue weighted by molar-refractivity contribution is 5.94. The lowest BCUT2D eigenvalue weighted by Crippen LogP contribution is -2.34. The van der Waals surface area contributed by atoms with Gasteiger partial charge in [-0.25, -0.2) is 4.39 Å². The van der Waals surface area contributed by atoms with Gasteiger partial charge in [0.2, 0.25) is 5.91 Å². The topological polar surface area (TPSA) is 70.2 Å². The maximum Gasteiger partial charge on any atom is 0.251 e. The molecule has 0 atom stereocenters. The van der Waals surface area contributed by atoms with E-state index in [1.165, 1.54) is 24.3 Å². The van der Waals surface area contributed by atoms with Crippen LogP contribution >= 0.6 is 0 Å². The van der Waals surface area contributed by atoms with Crippen LogP contribution in [0.3, 0.4) is 0 Å². The van der Waals surface area contributed by atoms with Gasteiger partial charge in [0.25, 0.3) is 5.91 Å². The first kappa shape index (κ1) is 15.1. The molecule has 0 aliphatic rings. The maximum absolute atomic E-state index is 12.7. The van der Waals surface area contributed by atoms with Gasteiger partial charge >= 0.3 is 0 Å². The van der Waals surface area contributed by atoms with E-state index >= 15 is 0 Å². The third-order valence-electron chi connectivity index (χ3n) is 2.41. The average Bonchev–Trinajstić information content (AvgIpc) is 2.39. The second-order valence-electron chi connectivity index (χ2n) is 4.00. The summed E-state index contributed by atoms with van der Waals surface area (Å²) in [5.74, 6) is -0.697. The molecule has 0 unspecified atom stereocenters. The van der Waals surface area contributed by atoms with Gasteiger partial charge in [0.15, 0.2) is 0 Å². The lowest BCUT2D eigenvalue weighted by Gasteiger charge is -2.06. The van der Waals surface area contributed by atoms with E-state index in [9.17, 15) is 14.0 Å². The molecule has 1 aromatic carbocycles. The predicted molar refractivity (Wildman–Crippen MR) is 70.3 cm³/mol. The first-order chi connectivity index (χ1) is 9.13. The standard InChI is InChI=1S/C13H18FN3O2/c1-15-9-12(18)16-7-2-8-17-13(19)10-3-5-11(14)6-4-10/h3-6,15H,2,7-9H2,1H3,(H,16,18)(H,17,19). The van der Waals surface area contributed by atoms with Gasteiger partial charge in [0.05, 0.1) is 6.54 Å². The van der Waals surface area contributed by atoms with E-state index in [2.05, 4.69) is 16.0 Å². The molecule has 0 radical (unpaired) electrons. The van der Waals surface area contributed by atoms with Gasteiger partial charge in [0.1, 0.15) is 5.82 Å². The van der Waals surface area contributed by atoms with Crippen LogP contribution < -0.4 is 16.0 Å². The van der Waals surface area contributed by atoms with Crippen LogP contribution in [0.25, 0.3) is 0 Å². The first-order valence-corrected chi connectivity index (χ1v) is 6.08. The summed E-state index contributed by atoms with van der Waals surface area (Å²) in [4.78, 5) is 22.7. The zero-order valence-electron chi connectivity index (χ0n) is 10.8. The number of hydrogen-bond acceptors (Lipinski definition) is 3. The smallest absolute Gasteiger partial charge is 0.251 e. The molecule has 0 bridgehead atoms. The van der Waals surface area contributed by atoms with Gasteiger partial charge in [0, 0.05) is 18.7 Å². The maximum atomic E-state index is 12.7. The van der Waals surface area contributed by atoms with Crippen LogP contribution in [0.1, 0.15) is 16.8 Å². The van der Waals surface area contributed by atoms with Crippen molar-refractivity contribution in [3.05, 3.63) is 35.6 Å². The SMILES string of the molecule is CNCC(=O)NCCCNC(=O)c1ccc(F)cc1. The summed E-state index contributed by atoms with van der Waals surface area (Å²) >= 11 is 0. The molecule has 0 saturated carbocycles. The number of hydrogen-bond donors (Lipinski definition) is 3. The number of amides is 2. The van der Waals surface area contributed by atoms with Crippen LogP contribution in [-0.2, 0) is 4.79 Å². The Hall–Kier alpha value is -1.95. The van der Waals surface area contributed by atoms with Crippen molar-refractivity contribution >= 4 is 11.8 Å². The highest BCUT2D eigenvalue weighted by Gasteiger charge is 2.04. The fourth-order valence-electron chi connectivity index (χ4n) is 1.44. The molecule has 19 heavy (non-hydrogen) atoms. The molecule has 1 aromatic rings. The minimum atomic E-state index is -0.371. The number of likely N-dealkylation sites (N-methyl/N-ethyl adjacent to an activating group) is 1. The molecule has 0 aromatic heterocycles. The van der Waals surface area contributed by atoms with E-state index in [-0.39, 0.29) is 24.2 Å². The van der Waals surface area contributed by atoms with Crippen LogP contribution in [0, 0.1) is 5.82 Å². The molecule has 2 amide bonds. The minimum absolute atomic E-state index is 0.0765. The van der Waals surface area contributed by atoms with Crippen molar-refractivity contribution in [3.63, 3.8) is 0 Å². The van der Waals surface area contributed by atoms with Crippen LogP contribution in [0.5, 0.6) is 0 Å².